The van der Waals surface area contributed by atoms with Gasteiger partial charge in [0.25, 0.3) is 5.91 Å². The fraction of sp³-hybridized carbons (Fsp3) is 0.538. The Balaban J connectivity index is 2.52. The number of amides is 1. The van der Waals surface area contributed by atoms with E-state index in [2.05, 4.69) is 22.5 Å². The Labute approximate surface area is 103 Å². The van der Waals surface area contributed by atoms with Crippen molar-refractivity contribution in [2.24, 2.45) is 0 Å². The molecule has 1 aromatic heterocycles. The van der Waals surface area contributed by atoms with Crippen LogP contribution in [-0.4, -0.2) is 23.5 Å². The van der Waals surface area contributed by atoms with E-state index >= 15 is 0 Å². The molecule has 0 spiro atoms. The molecule has 17 heavy (non-hydrogen) atoms. The van der Waals surface area contributed by atoms with Gasteiger partial charge in [-0.3, -0.25) is 4.79 Å². The van der Waals surface area contributed by atoms with Crippen LogP contribution in [-0.2, 0) is 0 Å². The molecule has 0 aliphatic rings. The van der Waals surface area contributed by atoms with Crippen molar-refractivity contribution in [3.63, 3.8) is 0 Å². The molecule has 0 aliphatic carbocycles. The van der Waals surface area contributed by atoms with Crippen molar-refractivity contribution in [2.75, 3.05) is 11.9 Å². The van der Waals surface area contributed by atoms with Crippen LogP contribution in [0.3, 0.4) is 0 Å². The van der Waals surface area contributed by atoms with Crippen molar-refractivity contribution in [1.29, 1.82) is 0 Å². The molecule has 0 fully saturated rings. The Morgan fingerprint density at radius 1 is 1.41 bits per heavy atom. The van der Waals surface area contributed by atoms with Gasteiger partial charge in [0.2, 0.25) is 0 Å². The topological polar surface area (TPSA) is 54.0 Å². The quantitative estimate of drug-likeness (QED) is 0.745. The molecule has 0 unspecified atom stereocenters. The van der Waals surface area contributed by atoms with Crippen LogP contribution in [0.15, 0.2) is 18.3 Å². The molecule has 0 saturated heterocycles. The fourth-order valence-electron chi connectivity index (χ4n) is 1.38. The van der Waals surface area contributed by atoms with Gasteiger partial charge in [-0.2, -0.15) is 0 Å². The summed E-state index contributed by atoms with van der Waals surface area (Å²) in [5, 5.41) is 6.07. The van der Waals surface area contributed by atoms with Crippen LogP contribution in [0, 0.1) is 0 Å². The van der Waals surface area contributed by atoms with Crippen molar-refractivity contribution < 1.29 is 4.79 Å². The summed E-state index contributed by atoms with van der Waals surface area (Å²) in [6.07, 6.45) is 4.00. The lowest BCUT2D eigenvalue weighted by molar-refractivity contribution is 0.0938. The molecule has 0 radical (unpaired) electrons. The van der Waals surface area contributed by atoms with Crippen molar-refractivity contribution in [3.05, 3.63) is 24.0 Å². The zero-order chi connectivity index (χ0) is 12.7. The van der Waals surface area contributed by atoms with E-state index in [1.54, 1.807) is 12.3 Å². The third kappa shape index (κ3) is 4.85. The number of rotatable bonds is 6. The first kappa shape index (κ1) is 13.5. The summed E-state index contributed by atoms with van der Waals surface area (Å²) < 4.78 is 0. The lowest BCUT2D eigenvalue weighted by Gasteiger charge is -2.08. The van der Waals surface area contributed by atoms with Crippen molar-refractivity contribution in [1.82, 2.24) is 10.3 Å². The Bertz CT molecular complexity index is 346. The molecule has 94 valence electrons. The normalized spacial score (nSPS) is 10.4. The monoisotopic (exact) mass is 235 g/mol. The van der Waals surface area contributed by atoms with E-state index < -0.39 is 0 Å². The Morgan fingerprint density at radius 3 is 2.71 bits per heavy atom. The Kier molecular flexibility index (Phi) is 5.46. The number of hydrogen-bond acceptors (Lipinski definition) is 3. The number of aromatic nitrogens is 1. The van der Waals surface area contributed by atoms with Gasteiger partial charge in [-0.05, 0) is 32.4 Å². The van der Waals surface area contributed by atoms with E-state index in [1.165, 1.54) is 0 Å². The van der Waals surface area contributed by atoms with Crippen LogP contribution < -0.4 is 10.6 Å². The molecule has 4 nitrogen and oxygen atoms in total. The molecule has 4 heteroatoms. The van der Waals surface area contributed by atoms with Gasteiger partial charge >= 0.3 is 0 Å². The molecular formula is C13H21N3O. The van der Waals surface area contributed by atoms with Crippen LogP contribution in [0.5, 0.6) is 0 Å². The first-order valence-corrected chi connectivity index (χ1v) is 6.14. The summed E-state index contributed by atoms with van der Waals surface area (Å²) >= 11 is 0. The molecule has 0 saturated carbocycles. The van der Waals surface area contributed by atoms with Gasteiger partial charge in [-0.25, -0.2) is 4.98 Å². The minimum absolute atomic E-state index is 0.125. The van der Waals surface area contributed by atoms with Gasteiger partial charge in [0.05, 0.1) is 11.9 Å². The van der Waals surface area contributed by atoms with Crippen molar-refractivity contribution in [3.8, 4) is 0 Å². The standard InChI is InChI=1S/C13H21N3O/c1-4-5-8-14-11-6-7-12(15-9-11)13(17)16-10(2)3/h6-7,9-10,14H,4-5,8H2,1-3H3,(H,16,17). The van der Waals surface area contributed by atoms with Gasteiger partial charge < -0.3 is 10.6 Å². The van der Waals surface area contributed by atoms with E-state index in [1.807, 2.05) is 19.9 Å². The fourth-order valence-corrected chi connectivity index (χ4v) is 1.38. The number of unbranched alkanes of at least 4 members (excludes halogenated alkanes) is 1. The highest BCUT2D eigenvalue weighted by Gasteiger charge is 2.07. The van der Waals surface area contributed by atoms with Gasteiger partial charge in [0.1, 0.15) is 5.69 Å². The summed E-state index contributed by atoms with van der Waals surface area (Å²) in [6.45, 7) is 6.95. The number of pyridine rings is 1. The lowest BCUT2D eigenvalue weighted by Crippen LogP contribution is -2.30. The summed E-state index contributed by atoms with van der Waals surface area (Å²) in [6, 6.07) is 3.76. The minimum Gasteiger partial charge on any atom is -0.384 e. The lowest BCUT2D eigenvalue weighted by atomic mass is 10.3. The maximum atomic E-state index is 11.6. The summed E-state index contributed by atoms with van der Waals surface area (Å²) in [4.78, 5) is 15.8. The van der Waals surface area contributed by atoms with Gasteiger partial charge in [0, 0.05) is 12.6 Å². The maximum absolute atomic E-state index is 11.6. The molecule has 0 aliphatic heterocycles. The van der Waals surface area contributed by atoms with Gasteiger partial charge in [-0.15, -0.1) is 0 Å². The predicted octanol–water partition coefficient (Wildman–Crippen LogP) is 2.43. The second-order valence-electron chi connectivity index (χ2n) is 4.34. The van der Waals surface area contributed by atoms with E-state index in [0.717, 1.165) is 25.1 Å². The van der Waals surface area contributed by atoms with Gasteiger partial charge in [-0.1, -0.05) is 13.3 Å². The van der Waals surface area contributed by atoms with Crippen molar-refractivity contribution >= 4 is 11.6 Å². The summed E-state index contributed by atoms with van der Waals surface area (Å²) in [5.41, 5.74) is 1.42. The Morgan fingerprint density at radius 2 is 2.18 bits per heavy atom. The average Bonchev–Trinajstić information content (AvgIpc) is 2.29. The van der Waals surface area contributed by atoms with Gasteiger partial charge in [0.15, 0.2) is 0 Å². The van der Waals surface area contributed by atoms with E-state index in [0.29, 0.717) is 5.69 Å². The van der Waals surface area contributed by atoms with E-state index in [4.69, 9.17) is 0 Å². The highest BCUT2D eigenvalue weighted by atomic mass is 16.1. The molecule has 1 rings (SSSR count). The van der Waals surface area contributed by atoms with Crippen LogP contribution in [0.25, 0.3) is 0 Å². The van der Waals surface area contributed by atoms with Crippen molar-refractivity contribution in [2.45, 2.75) is 39.7 Å². The zero-order valence-electron chi connectivity index (χ0n) is 10.8. The van der Waals surface area contributed by atoms with Crippen LogP contribution >= 0.6 is 0 Å². The van der Waals surface area contributed by atoms with E-state index in [-0.39, 0.29) is 11.9 Å². The predicted molar refractivity (Wildman–Crippen MR) is 70.2 cm³/mol. The highest BCUT2D eigenvalue weighted by Crippen LogP contribution is 2.06. The number of hydrogen-bond donors (Lipinski definition) is 2. The second-order valence-corrected chi connectivity index (χ2v) is 4.34. The third-order valence-corrected chi connectivity index (χ3v) is 2.28. The second kappa shape index (κ2) is 6.89. The molecular weight excluding hydrogens is 214 g/mol. The molecule has 1 amide bonds. The number of nitrogens with one attached hydrogen (secondary N) is 2. The third-order valence-electron chi connectivity index (χ3n) is 2.28. The first-order chi connectivity index (χ1) is 8.13. The SMILES string of the molecule is CCCCNc1ccc(C(=O)NC(C)C)nc1. The molecule has 0 bridgehead atoms. The maximum Gasteiger partial charge on any atom is 0.270 e. The largest absolute Gasteiger partial charge is 0.384 e. The summed E-state index contributed by atoms with van der Waals surface area (Å²) in [7, 11) is 0. The van der Waals surface area contributed by atoms with E-state index in [9.17, 15) is 4.79 Å². The zero-order valence-corrected chi connectivity index (χ0v) is 10.8. The number of carbonyl (C=O) groups is 1. The smallest absolute Gasteiger partial charge is 0.270 e. The van der Waals surface area contributed by atoms with Crippen LogP contribution in [0.1, 0.15) is 44.1 Å². The molecule has 2 N–H and O–H groups in total. The molecule has 0 atom stereocenters. The van der Waals surface area contributed by atoms with Crippen LogP contribution in [0.4, 0.5) is 5.69 Å². The minimum atomic E-state index is -0.125. The number of anilines is 1. The van der Waals surface area contributed by atoms with Crippen LogP contribution in [0.2, 0.25) is 0 Å². The highest BCUT2D eigenvalue weighted by molar-refractivity contribution is 5.92. The number of carbonyl (C=O) groups excluding carboxylic acids is 1. The average molecular weight is 235 g/mol. The summed E-state index contributed by atoms with van der Waals surface area (Å²) in [5.74, 6) is -0.125. The molecule has 1 heterocycles. The molecule has 1 aromatic rings. The first-order valence-electron chi connectivity index (χ1n) is 6.14. The number of nitrogens with zero attached hydrogens (tertiary/aromatic N) is 1. The Hall–Kier alpha value is -1.58. The molecule has 0 aromatic carbocycles.